The molecule has 1 heterocycles. The predicted octanol–water partition coefficient (Wildman–Crippen LogP) is 0.997. The van der Waals surface area contributed by atoms with E-state index in [0.717, 1.165) is 5.69 Å². The van der Waals surface area contributed by atoms with E-state index in [1.54, 1.807) is 30.5 Å². The van der Waals surface area contributed by atoms with Gasteiger partial charge in [-0.05, 0) is 24.3 Å². The minimum Gasteiger partial charge on any atom is -0.495 e. The molecule has 19 heavy (non-hydrogen) atoms. The van der Waals surface area contributed by atoms with Gasteiger partial charge in [0.1, 0.15) is 12.1 Å². The highest BCUT2D eigenvalue weighted by Crippen LogP contribution is 2.21. The molecule has 0 aliphatic heterocycles. The molecule has 3 N–H and O–H groups in total. The number of hydrogen-bond donors (Lipinski definition) is 2. The Morgan fingerprint density at radius 1 is 1.42 bits per heavy atom. The van der Waals surface area contributed by atoms with Gasteiger partial charge in [0.05, 0.1) is 25.0 Å². The first-order chi connectivity index (χ1) is 9.20. The number of nitrogens with two attached hydrogens (primary N) is 1. The summed E-state index contributed by atoms with van der Waals surface area (Å²) in [5.74, 6) is 0.270. The highest BCUT2D eigenvalue weighted by atomic mass is 16.5. The molecule has 1 aromatic carbocycles. The lowest BCUT2D eigenvalue weighted by molar-refractivity contribution is 0.0950. The van der Waals surface area contributed by atoms with Gasteiger partial charge in [-0.2, -0.15) is 0 Å². The van der Waals surface area contributed by atoms with Crippen LogP contribution in [0.1, 0.15) is 16.1 Å². The van der Waals surface area contributed by atoms with Crippen molar-refractivity contribution >= 4 is 11.6 Å². The number of anilines is 1. The van der Waals surface area contributed by atoms with Gasteiger partial charge in [-0.3, -0.25) is 4.79 Å². The van der Waals surface area contributed by atoms with Gasteiger partial charge in [-0.15, -0.1) is 0 Å². The van der Waals surface area contributed by atoms with Crippen LogP contribution in [0.25, 0.3) is 0 Å². The average molecular weight is 258 g/mol. The molecule has 0 unspecified atom stereocenters. The maximum Gasteiger partial charge on any atom is 0.251 e. The number of carbonyl (C=O) groups is 1. The second kappa shape index (κ2) is 5.81. The second-order valence-electron chi connectivity index (χ2n) is 3.84. The fourth-order valence-corrected chi connectivity index (χ4v) is 1.55. The molecule has 6 nitrogen and oxygen atoms in total. The standard InChI is InChI=1S/C13H14N4O2/c1-19-12-6-9(2-3-11(12)14)13(18)16-7-10-4-5-15-8-17-10/h2-6,8H,7,14H2,1H3,(H,16,18). The van der Waals surface area contributed by atoms with Crippen LogP contribution in [0.4, 0.5) is 5.69 Å². The van der Waals surface area contributed by atoms with E-state index in [9.17, 15) is 4.79 Å². The van der Waals surface area contributed by atoms with E-state index in [0.29, 0.717) is 23.5 Å². The Morgan fingerprint density at radius 3 is 2.95 bits per heavy atom. The number of methoxy groups -OCH3 is 1. The van der Waals surface area contributed by atoms with Gasteiger partial charge < -0.3 is 15.8 Å². The third-order valence-corrected chi connectivity index (χ3v) is 2.57. The van der Waals surface area contributed by atoms with E-state index in [4.69, 9.17) is 10.5 Å². The molecule has 0 bridgehead atoms. The molecule has 2 aromatic rings. The zero-order valence-electron chi connectivity index (χ0n) is 10.5. The quantitative estimate of drug-likeness (QED) is 0.798. The predicted molar refractivity (Wildman–Crippen MR) is 70.6 cm³/mol. The van der Waals surface area contributed by atoms with Crippen LogP contribution in [0.15, 0.2) is 36.8 Å². The molecular formula is C13H14N4O2. The van der Waals surface area contributed by atoms with Gasteiger partial charge in [0.2, 0.25) is 0 Å². The van der Waals surface area contributed by atoms with Crippen molar-refractivity contribution in [2.24, 2.45) is 0 Å². The first kappa shape index (κ1) is 12.8. The van der Waals surface area contributed by atoms with Crippen LogP contribution in [0.5, 0.6) is 5.75 Å². The van der Waals surface area contributed by atoms with Gasteiger partial charge in [-0.1, -0.05) is 0 Å². The lowest BCUT2D eigenvalue weighted by Gasteiger charge is -2.08. The molecular weight excluding hydrogens is 244 g/mol. The van der Waals surface area contributed by atoms with Crippen molar-refractivity contribution in [2.45, 2.75) is 6.54 Å². The summed E-state index contributed by atoms with van der Waals surface area (Å²) in [6, 6.07) is 6.63. The Morgan fingerprint density at radius 2 is 2.26 bits per heavy atom. The molecule has 0 atom stereocenters. The van der Waals surface area contributed by atoms with Crippen LogP contribution < -0.4 is 15.8 Å². The number of nitrogens with zero attached hydrogens (tertiary/aromatic N) is 2. The average Bonchev–Trinajstić information content (AvgIpc) is 2.46. The zero-order chi connectivity index (χ0) is 13.7. The number of nitrogen functional groups attached to an aromatic ring is 1. The number of hydrogen-bond acceptors (Lipinski definition) is 5. The largest absolute Gasteiger partial charge is 0.495 e. The van der Waals surface area contributed by atoms with Crippen LogP contribution in [0.3, 0.4) is 0 Å². The van der Waals surface area contributed by atoms with Crippen molar-refractivity contribution in [2.75, 3.05) is 12.8 Å². The minimum atomic E-state index is -0.211. The number of amides is 1. The monoisotopic (exact) mass is 258 g/mol. The molecule has 2 rings (SSSR count). The number of aromatic nitrogens is 2. The topological polar surface area (TPSA) is 90.1 Å². The summed E-state index contributed by atoms with van der Waals surface area (Å²) in [4.78, 5) is 19.8. The molecule has 0 radical (unpaired) electrons. The van der Waals surface area contributed by atoms with Crippen molar-refractivity contribution in [3.8, 4) is 5.75 Å². The number of carbonyl (C=O) groups excluding carboxylic acids is 1. The van der Waals surface area contributed by atoms with Crippen molar-refractivity contribution in [3.05, 3.63) is 48.0 Å². The summed E-state index contributed by atoms with van der Waals surface area (Å²) in [7, 11) is 1.51. The highest BCUT2D eigenvalue weighted by Gasteiger charge is 2.08. The van der Waals surface area contributed by atoms with Crippen LogP contribution in [-0.2, 0) is 6.54 Å². The maximum atomic E-state index is 11.9. The zero-order valence-corrected chi connectivity index (χ0v) is 10.5. The van der Waals surface area contributed by atoms with Crippen LogP contribution in [0, 0.1) is 0 Å². The molecule has 0 aliphatic carbocycles. The van der Waals surface area contributed by atoms with E-state index < -0.39 is 0 Å². The van der Waals surface area contributed by atoms with Crippen LogP contribution in [-0.4, -0.2) is 23.0 Å². The molecule has 0 spiro atoms. The van der Waals surface area contributed by atoms with E-state index in [1.807, 2.05) is 0 Å². The summed E-state index contributed by atoms with van der Waals surface area (Å²) >= 11 is 0. The first-order valence-corrected chi connectivity index (χ1v) is 5.67. The summed E-state index contributed by atoms with van der Waals surface area (Å²) in [5, 5.41) is 2.76. The Labute approximate surface area is 110 Å². The molecule has 1 amide bonds. The Balaban J connectivity index is 2.04. The van der Waals surface area contributed by atoms with Crippen LogP contribution >= 0.6 is 0 Å². The Kier molecular flexibility index (Phi) is 3.92. The SMILES string of the molecule is COc1cc(C(=O)NCc2ccncn2)ccc1N. The van der Waals surface area contributed by atoms with E-state index in [1.165, 1.54) is 13.4 Å². The third-order valence-electron chi connectivity index (χ3n) is 2.57. The van der Waals surface area contributed by atoms with Crippen molar-refractivity contribution in [1.82, 2.24) is 15.3 Å². The molecule has 0 fully saturated rings. The number of nitrogens with one attached hydrogen (secondary N) is 1. The fraction of sp³-hybridized carbons (Fsp3) is 0.154. The number of ether oxygens (including phenoxy) is 1. The minimum absolute atomic E-state index is 0.211. The van der Waals surface area contributed by atoms with Crippen molar-refractivity contribution in [3.63, 3.8) is 0 Å². The van der Waals surface area contributed by atoms with Crippen LogP contribution in [0.2, 0.25) is 0 Å². The number of rotatable bonds is 4. The normalized spacial score (nSPS) is 9.95. The van der Waals surface area contributed by atoms with E-state index in [-0.39, 0.29) is 5.91 Å². The molecule has 1 aromatic heterocycles. The highest BCUT2D eigenvalue weighted by molar-refractivity contribution is 5.95. The fourth-order valence-electron chi connectivity index (χ4n) is 1.55. The first-order valence-electron chi connectivity index (χ1n) is 5.67. The summed E-state index contributed by atoms with van der Waals surface area (Å²) in [6.45, 7) is 0.341. The molecule has 6 heteroatoms. The Hall–Kier alpha value is -2.63. The second-order valence-corrected chi connectivity index (χ2v) is 3.84. The lowest BCUT2D eigenvalue weighted by atomic mass is 10.1. The Bertz CT molecular complexity index is 572. The van der Waals surface area contributed by atoms with E-state index in [2.05, 4.69) is 15.3 Å². The molecule has 0 saturated carbocycles. The number of benzene rings is 1. The molecule has 0 saturated heterocycles. The third kappa shape index (κ3) is 3.19. The van der Waals surface area contributed by atoms with Gasteiger partial charge in [-0.25, -0.2) is 9.97 Å². The van der Waals surface area contributed by atoms with Gasteiger partial charge in [0.15, 0.2) is 0 Å². The molecule has 98 valence electrons. The summed E-state index contributed by atoms with van der Waals surface area (Å²) in [6.07, 6.45) is 3.06. The van der Waals surface area contributed by atoms with Gasteiger partial charge in [0, 0.05) is 11.8 Å². The smallest absolute Gasteiger partial charge is 0.251 e. The van der Waals surface area contributed by atoms with Crippen molar-refractivity contribution < 1.29 is 9.53 Å². The summed E-state index contributed by atoms with van der Waals surface area (Å²) < 4.78 is 5.07. The maximum absolute atomic E-state index is 11.9. The summed E-state index contributed by atoms with van der Waals surface area (Å²) in [5.41, 5.74) is 7.41. The van der Waals surface area contributed by atoms with Crippen molar-refractivity contribution in [1.29, 1.82) is 0 Å². The van der Waals surface area contributed by atoms with Gasteiger partial charge >= 0.3 is 0 Å². The lowest BCUT2D eigenvalue weighted by Crippen LogP contribution is -2.23. The van der Waals surface area contributed by atoms with Gasteiger partial charge in [0.25, 0.3) is 5.91 Å². The molecule has 0 aliphatic rings. The van der Waals surface area contributed by atoms with E-state index >= 15 is 0 Å².